The molecule has 1 heterocycles. The topological polar surface area (TPSA) is 29.5 Å². The fourth-order valence-electron chi connectivity index (χ4n) is 2.87. The number of methoxy groups -OCH3 is 1. The number of benzene rings is 2. The van der Waals surface area contributed by atoms with Crippen molar-refractivity contribution in [2.75, 3.05) is 18.6 Å². The molecule has 2 aromatic rings. The summed E-state index contributed by atoms with van der Waals surface area (Å²) in [4.78, 5) is 14.1. The van der Waals surface area contributed by atoms with E-state index < -0.39 is 0 Å². The number of aryl methyl sites for hydroxylation is 1. The first-order chi connectivity index (χ1) is 10.7. The molecule has 0 radical (unpaired) electrons. The van der Waals surface area contributed by atoms with Gasteiger partial charge in [0, 0.05) is 6.54 Å². The molecule has 0 spiro atoms. The molecule has 0 saturated carbocycles. The number of fused-ring (bicyclic) bond motifs is 1. The van der Waals surface area contributed by atoms with E-state index in [1.165, 1.54) is 6.07 Å². The Labute approximate surface area is 129 Å². The van der Waals surface area contributed by atoms with Gasteiger partial charge in [0.25, 0.3) is 0 Å². The molecule has 0 aromatic heterocycles. The van der Waals surface area contributed by atoms with E-state index in [9.17, 15) is 9.18 Å². The molecule has 0 fully saturated rings. The molecule has 0 aliphatic carbocycles. The number of hydrogen-bond donors (Lipinski definition) is 0. The Morgan fingerprint density at radius 1 is 1.23 bits per heavy atom. The lowest BCUT2D eigenvalue weighted by Crippen LogP contribution is -2.37. The summed E-state index contributed by atoms with van der Waals surface area (Å²) < 4.78 is 19.2. The molecule has 22 heavy (non-hydrogen) atoms. The largest absolute Gasteiger partial charge is 0.497 e. The third kappa shape index (κ3) is 2.82. The molecule has 114 valence electrons. The average molecular weight is 299 g/mol. The monoisotopic (exact) mass is 299 g/mol. The standard InChI is InChI=1S/C18H18FNO2/c1-22-15-9-7-13(8-10-15)12-17(21)20-11-3-5-14-4-2-6-16(19)18(14)20/h2,4,6-10H,3,5,11-12H2,1H3. The highest BCUT2D eigenvalue weighted by Crippen LogP contribution is 2.30. The van der Waals surface area contributed by atoms with Crippen LogP contribution in [0.1, 0.15) is 17.5 Å². The van der Waals surface area contributed by atoms with E-state index in [1.54, 1.807) is 18.1 Å². The summed E-state index contributed by atoms with van der Waals surface area (Å²) in [5.74, 6) is 0.363. The Balaban J connectivity index is 1.81. The fourth-order valence-corrected chi connectivity index (χ4v) is 2.87. The number of amides is 1. The van der Waals surface area contributed by atoms with E-state index >= 15 is 0 Å². The van der Waals surface area contributed by atoms with Crippen LogP contribution < -0.4 is 9.64 Å². The molecule has 0 bridgehead atoms. The Kier molecular flexibility index (Phi) is 4.09. The van der Waals surface area contributed by atoms with E-state index in [0.29, 0.717) is 12.2 Å². The van der Waals surface area contributed by atoms with E-state index in [0.717, 1.165) is 29.7 Å². The second-order valence-electron chi connectivity index (χ2n) is 5.42. The summed E-state index contributed by atoms with van der Waals surface area (Å²) in [6.45, 7) is 0.572. The van der Waals surface area contributed by atoms with Gasteiger partial charge in [-0.2, -0.15) is 0 Å². The molecule has 0 atom stereocenters. The van der Waals surface area contributed by atoms with Crippen LogP contribution in [-0.4, -0.2) is 19.6 Å². The number of halogens is 1. The highest BCUT2D eigenvalue weighted by molar-refractivity contribution is 5.96. The minimum absolute atomic E-state index is 0.0729. The number of carbonyl (C=O) groups is 1. The quantitative estimate of drug-likeness (QED) is 0.870. The summed E-state index contributed by atoms with van der Waals surface area (Å²) in [6, 6.07) is 12.4. The smallest absolute Gasteiger partial charge is 0.231 e. The maximum atomic E-state index is 14.1. The number of ether oxygens (including phenoxy) is 1. The van der Waals surface area contributed by atoms with Gasteiger partial charge in [-0.15, -0.1) is 0 Å². The Hall–Kier alpha value is -2.36. The molecule has 0 saturated heterocycles. The number of rotatable bonds is 3. The molecule has 1 aliphatic rings. The molecular formula is C18H18FNO2. The van der Waals surface area contributed by atoms with Gasteiger partial charge < -0.3 is 9.64 Å². The fraction of sp³-hybridized carbons (Fsp3) is 0.278. The van der Waals surface area contributed by atoms with Gasteiger partial charge in [-0.25, -0.2) is 4.39 Å². The minimum Gasteiger partial charge on any atom is -0.497 e. The number of anilines is 1. The summed E-state index contributed by atoms with van der Waals surface area (Å²) in [5, 5.41) is 0. The number of hydrogen-bond acceptors (Lipinski definition) is 2. The molecule has 4 heteroatoms. The van der Waals surface area contributed by atoms with Crippen LogP contribution in [0.5, 0.6) is 5.75 Å². The van der Waals surface area contributed by atoms with Gasteiger partial charge in [0.15, 0.2) is 0 Å². The molecule has 0 unspecified atom stereocenters. The molecule has 0 N–H and O–H groups in total. The molecule has 1 aliphatic heterocycles. The second-order valence-corrected chi connectivity index (χ2v) is 5.42. The van der Waals surface area contributed by atoms with E-state index in [2.05, 4.69) is 0 Å². The lowest BCUT2D eigenvalue weighted by molar-refractivity contribution is -0.118. The zero-order valence-corrected chi connectivity index (χ0v) is 12.5. The van der Waals surface area contributed by atoms with Crippen molar-refractivity contribution in [1.29, 1.82) is 0 Å². The Morgan fingerprint density at radius 3 is 2.73 bits per heavy atom. The number of para-hydroxylation sites is 1. The van der Waals surface area contributed by atoms with Crippen molar-refractivity contribution in [2.24, 2.45) is 0 Å². The van der Waals surface area contributed by atoms with Crippen LogP contribution in [0.15, 0.2) is 42.5 Å². The number of carbonyl (C=O) groups excluding carboxylic acids is 1. The molecule has 2 aromatic carbocycles. The molecule has 3 nitrogen and oxygen atoms in total. The third-order valence-electron chi connectivity index (χ3n) is 3.98. The zero-order chi connectivity index (χ0) is 15.5. The van der Waals surface area contributed by atoms with Gasteiger partial charge in [0.05, 0.1) is 19.2 Å². The van der Waals surface area contributed by atoms with Crippen LogP contribution in [0.2, 0.25) is 0 Å². The van der Waals surface area contributed by atoms with Gasteiger partial charge in [0.2, 0.25) is 5.91 Å². The van der Waals surface area contributed by atoms with E-state index in [4.69, 9.17) is 4.74 Å². The van der Waals surface area contributed by atoms with Crippen molar-refractivity contribution in [3.05, 3.63) is 59.4 Å². The van der Waals surface area contributed by atoms with Crippen LogP contribution in [0.4, 0.5) is 10.1 Å². The number of nitrogens with zero attached hydrogens (tertiary/aromatic N) is 1. The van der Waals surface area contributed by atoms with Gasteiger partial charge in [-0.05, 0) is 42.2 Å². The van der Waals surface area contributed by atoms with Crippen molar-refractivity contribution in [3.8, 4) is 5.75 Å². The summed E-state index contributed by atoms with van der Waals surface area (Å²) in [6.07, 6.45) is 1.95. The highest BCUT2D eigenvalue weighted by Gasteiger charge is 2.25. The zero-order valence-electron chi connectivity index (χ0n) is 12.5. The Morgan fingerprint density at radius 2 is 2.00 bits per heavy atom. The summed E-state index contributed by atoms with van der Waals surface area (Å²) in [7, 11) is 1.60. The van der Waals surface area contributed by atoms with Gasteiger partial charge in [-0.3, -0.25) is 4.79 Å². The second kappa shape index (κ2) is 6.18. The predicted octanol–water partition coefficient (Wildman–Crippen LogP) is 3.36. The van der Waals surface area contributed by atoms with E-state index in [1.807, 2.05) is 30.3 Å². The lowest BCUT2D eigenvalue weighted by Gasteiger charge is -2.30. The highest BCUT2D eigenvalue weighted by atomic mass is 19.1. The van der Waals surface area contributed by atoms with Crippen LogP contribution in [-0.2, 0) is 17.6 Å². The van der Waals surface area contributed by atoms with Crippen LogP contribution in [0.25, 0.3) is 0 Å². The molecule has 1 amide bonds. The van der Waals surface area contributed by atoms with Crippen molar-refractivity contribution in [2.45, 2.75) is 19.3 Å². The van der Waals surface area contributed by atoms with Crippen molar-refractivity contribution >= 4 is 11.6 Å². The van der Waals surface area contributed by atoms with Crippen LogP contribution >= 0.6 is 0 Å². The predicted molar refractivity (Wildman–Crippen MR) is 83.8 cm³/mol. The molecular weight excluding hydrogens is 281 g/mol. The van der Waals surface area contributed by atoms with E-state index in [-0.39, 0.29) is 18.1 Å². The Bertz CT molecular complexity index is 682. The first-order valence-electron chi connectivity index (χ1n) is 7.39. The lowest BCUT2D eigenvalue weighted by atomic mass is 10.0. The first kappa shape index (κ1) is 14.6. The average Bonchev–Trinajstić information content (AvgIpc) is 2.55. The minimum atomic E-state index is -0.319. The maximum absolute atomic E-state index is 14.1. The summed E-state index contributed by atoms with van der Waals surface area (Å²) >= 11 is 0. The van der Waals surface area contributed by atoms with Crippen molar-refractivity contribution in [1.82, 2.24) is 0 Å². The van der Waals surface area contributed by atoms with Gasteiger partial charge in [-0.1, -0.05) is 24.3 Å². The molecule has 3 rings (SSSR count). The summed E-state index contributed by atoms with van der Waals surface area (Å²) in [5.41, 5.74) is 2.26. The first-order valence-corrected chi connectivity index (χ1v) is 7.39. The third-order valence-corrected chi connectivity index (χ3v) is 3.98. The van der Waals surface area contributed by atoms with Crippen LogP contribution in [0.3, 0.4) is 0 Å². The van der Waals surface area contributed by atoms with Crippen LogP contribution in [0, 0.1) is 5.82 Å². The SMILES string of the molecule is COc1ccc(CC(=O)N2CCCc3cccc(F)c32)cc1. The maximum Gasteiger partial charge on any atom is 0.231 e. The van der Waals surface area contributed by atoms with Gasteiger partial charge >= 0.3 is 0 Å². The van der Waals surface area contributed by atoms with Crippen molar-refractivity contribution < 1.29 is 13.9 Å². The van der Waals surface area contributed by atoms with Crippen molar-refractivity contribution in [3.63, 3.8) is 0 Å². The van der Waals surface area contributed by atoms with Gasteiger partial charge in [0.1, 0.15) is 11.6 Å². The normalized spacial score (nSPS) is 13.6.